The van der Waals surface area contributed by atoms with Gasteiger partial charge in [0.15, 0.2) is 0 Å². The summed E-state index contributed by atoms with van der Waals surface area (Å²) in [5.41, 5.74) is 0. The number of hydrogen-bond acceptors (Lipinski definition) is 4. The Morgan fingerprint density at radius 1 is 1.33 bits per heavy atom. The summed E-state index contributed by atoms with van der Waals surface area (Å²) < 4.78 is 4.29. The van der Waals surface area contributed by atoms with Crippen LogP contribution >= 0.6 is 0 Å². The summed E-state index contributed by atoms with van der Waals surface area (Å²) in [6, 6.07) is 0. The van der Waals surface area contributed by atoms with Gasteiger partial charge in [-0.15, -0.1) is 0 Å². The Balaban J connectivity index is 2.66. The molecular formula is C5H10O4. The van der Waals surface area contributed by atoms with E-state index in [4.69, 9.17) is 0 Å². The first-order valence-electron chi connectivity index (χ1n) is 2.71. The first-order valence-corrected chi connectivity index (χ1v) is 2.71. The fourth-order valence-corrected chi connectivity index (χ4v) is 0.273. The second-order valence-corrected chi connectivity index (χ2v) is 1.20. The maximum atomic E-state index is 9.52. The van der Waals surface area contributed by atoms with Crippen molar-refractivity contribution in [2.24, 2.45) is 0 Å². The van der Waals surface area contributed by atoms with Crippen LogP contribution in [0.5, 0.6) is 0 Å². The van der Waals surface area contributed by atoms with Gasteiger partial charge in [0, 0.05) is 0 Å². The smallest absolute Gasteiger partial charge is 0.293 e. The second kappa shape index (κ2) is 7.39. The summed E-state index contributed by atoms with van der Waals surface area (Å²) in [4.78, 5) is 18.5. The summed E-state index contributed by atoms with van der Waals surface area (Å²) in [6.07, 6.45) is 0. The summed E-state index contributed by atoms with van der Waals surface area (Å²) in [5.74, 6) is 0. The van der Waals surface area contributed by atoms with Gasteiger partial charge < -0.3 is 4.74 Å². The summed E-state index contributed by atoms with van der Waals surface area (Å²) >= 11 is 0. The van der Waals surface area contributed by atoms with E-state index in [9.17, 15) is 4.79 Å². The minimum Gasteiger partial charge on any atom is -0.465 e. The van der Waals surface area contributed by atoms with Crippen molar-refractivity contribution < 1.29 is 19.3 Å². The maximum absolute atomic E-state index is 9.52. The Hall–Kier alpha value is -0.610. The lowest BCUT2D eigenvalue weighted by molar-refractivity contribution is -0.294. The Morgan fingerprint density at radius 2 is 2.11 bits per heavy atom. The lowest BCUT2D eigenvalue weighted by Gasteiger charge is -1.98. The van der Waals surface area contributed by atoms with Crippen LogP contribution in [0.3, 0.4) is 0 Å². The Bertz CT molecular complexity index is 64.0. The number of ether oxygens (including phenoxy) is 1. The van der Waals surface area contributed by atoms with Crippen LogP contribution in [0.15, 0.2) is 0 Å². The Morgan fingerprint density at radius 3 is 2.67 bits per heavy atom. The molecule has 0 rings (SSSR count). The van der Waals surface area contributed by atoms with E-state index in [1.807, 2.05) is 0 Å². The molecule has 0 aromatic rings. The minimum absolute atomic E-state index is 0.240. The first kappa shape index (κ1) is 8.39. The number of carbonyl (C=O) groups is 1. The third-order valence-electron chi connectivity index (χ3n) is 0.554. The zero-order valence-corrected chi connectivity index (χ0v) is 5.33. The average molecular weight is 134 g/mol. The Kier molecular flexibility index (Phi) is 6.89. The number of carbonyl (C=O) groups excluding carboxylic acids is 1. The minimum atomic E-state index is 0.240. The predicted molar refractivity (Wildman–Crippen MR) is 29.6 cm³/mol. The highest BCUT2D eigenvalue weighted by Crippen LogP contribution is 1.76. The molecule has 0 saturated heterocycles. The molecule has 9 heavy (non-hydrogen) atoms. The molecule has 0 saturated carbocycles. The van der Waals surface area contributed by atoms with E-state index < -0.39 is 0 Å². The Labute approximate surface area is 53.6 Å². The molecule has 0 radical (unpaired) electrons. The molecule has 0 amide bonds. The van der Waals surface area contributed by atoms with Crippen molar-refractivity contribution in [1.82, 2.24) is 0 Å². The van der Waals surface area contributed by atoms with Gasteiger partial charge in [0.2, 0.25) is 0 Å². The van der Waals surface area contributed by atoms with Crippen LogP contribution in [-0.2, 0) is 19.3 Å². The van der Waals surface area contributed by atoms with Gasteiger partial charge in [-0.2, -0.15) is 0 Å². The number of hydrogen-bond donors (Lipinski definition) is 0. The van der Waals surface area contributed by atoms with E-state index in [-0.39, 0.29) is 13.2 Å². The van der Waals surface area contributed by atoms with Crippen LogP contribution in [0.4, 0.5) is 0 Å². The summed E-state index contributed by atoms with van der Waals surface area (Å²) in [6.45, 7) is 3.20. The van der Waals surface area contributed by atoms with Crippen molar-refractivity contribution in [2.45, 2.75) is 6.92 Å². The van der Waals surface area contributed by atoms with Gasteiger partial charge in [-0.05, 0) is 6.92 Å². The topological polar surface area (TPSA) is 44.8 Å². The lowest BCUT2D eigenvalue weighted by atomic mass is 10.8. The zero-order valence-electron chi connectivity index (χ0n) is 5.33. The predicted octanol–water partition coefficient (Wildman–Crippen LogP) is 0.127. The zero-order chi connectivity index (χ0) is 6.95. The SMILES string of the molecule is CCOOCCOC=O. The highest BCUT2D eigenvalue weighted by atomic mass is 17.2. The molecule has 0 aromatic heterocycles. The van der Waals surface area contributed by atoms with Crippen LogP contribution in [0, 0.1) is 0 Å². The maximum Gasteiger partial charge on any atom is 0.293 e. The van der Waals surface area contributed by atoms with E-state index in [2.05, 4.69) is 14.5 Å². The van der Waals surface area contributed by atoms with E-state index in [1.165, 1.54) is 0 Å². The van der Waals surface area contributed by atoms with Gasteiger partial charge in [-0.1, -0.05) is 0 Å². The standard InChI is InChI=1S/C5H10O4/c1-2-8-9-4-3-7-5-6/h5H,2-4H2,1H3. The fraction of sp³-hybridized carbons (Fsp3) is 0.800. The largest absolute Gasteiger partial charge is 0.465 e. The van der Waals surface area contributed by atoms with Crippen molar-refractivity contribution >= 4 is 6.47 Å². The molecular weight excluding hydrogens is 124 g/mol. The molecule has 0 unspecified atom stereocenters. The van der Waals surface area contributed by atoms with E-state index in [0.717, 1.165) is 0 Å². The molecule has 0 aliphatic rings. The molecule has 0 fully saturated rings. The molecule has 54 valence electrons. The second-order valence-electron chi connectivity index (χ2n) is 1.20. The molecule has 0 aromatic carbocycles. The third-order valence-corrected chi connectivity index (χ3v) is 0.554. The molecule has 4 nitrogen and oxygen atoms in total. The van der Waals surface area contributed by atoms with Crippen LogP contribution in [0.2, 0.25) is 0 Å². The van der Waals surface area contributed by atoms with Gasteiger partial charge in [0.05, 0.1) is 6.61 Å². The van der Waals surface area contributed by atoms with Gasteiger partial charge >= 0.3 is 0 Å². The van der Waals surface area contributed by atoms with Crippen LogP contribution < -0.4 is 0 Å². The van der Waals surface area contributed by atoms with E-state index >= 15 is 0 Å². The first-order chi connectivity index (χ1) is 4.41. The monoisotopic (exact) mass is 134 g/mol. The molecule has 0 spiro atoms. The summed E-state index contributed by atoms with van der Waals surface area (Å²) in [5, 5.41) is 0. The fourth-order valence-electron chi connectivity index (χ4n) is 0.273. The van der Waals surface area contributed by atoms with Gasteiger partial charge in [0.1, 0.15) is 13.2 Å². The molecule has 0 N–H and O–H groups in total. The molecule has 4 heteroatoms. The van der Waals surface area contributed by atoms with Crippen LogP contribution in [-0.4, -0.2) is 26.3 Å². The number of rotatable bonds is 6. The van der Waals surface area contributed by atoms with E-state index in [0.29, 0.717) is 13.1 Å². The molecule has 0 aliphatic carbocycles. The van der Waals surface area contributed by atoms with Crippen molar-refractivity contribution in [3.63, 3.8) is 0 Å². The molecule has 0 bridgehead atoms. The molecule has 0 aliphatic heterocycles. The molecule has 0 atom stereocenters. The van der Waals surface area contributed by atoms with Crippen molar-refractivity contribution in [3.8, 4) is 0 Å². The van der Waals surface area contributed by atoms with Crippen LogP contribution in [0.25, 0.3) is 0 Å². The van der Waals surface area contributed by atoms with Crippen molar-refractivity contribution in [1.29, 1.82) is 0 Å². The highest BCUT2D eigenvalue weighted by Gasteiger charge is 1.84. The van der Waals surface area contributed by atoms with Gasteiger partial charge in [-0.25, -0.2) is 9.78 Å². The quantitative estimate of drug-likeness (QED) is 0.224. The van der Waals surface area contributed by atoms with Crippen LogP contribution in [0.1, 0.15) is 6.92 Å². The van der Waals surface area contributed by atoms with Gasteiger partial charge in [-0.3, -0.25) is 4.79 Å². The third kappa shape index (κ3) is 7.39. The highest BCUT2D eigenvalue weighted by molar-refractivity contribution is 5.36. The average Bonchev–Trinajstić information content (AvgIpc) is 1.89. The van der Waals surface area contributed by atoms with Gasteiger partial charge in [0.25, 0.3) is 6.47 Å². The normalized spacial score (nSPS) is 9.00. The van der Waals surface area contributed by atoms with Crippen molar-refractivity contribution in [3.05, 3.63) is 0 Å². The lowest BCUT2D eigenvalue weighted by Crippen LogP contribution is -2.03. The van der Waals surface area contributed by atoms with Crippen molar-refractivity contribution in [2.75, 3.05) is 19.8 Å². The summed E-state index contributed by atoms with van der Waals surface area (Å²) in [7, 11) is 0. The molecule has 0 heterocycles. The van der Waals surface area contributed by atoms with E-state index in [1.54, 1.807) is 6.92 Å².